The van der Waals surface area contributed by atoms with Gasteiger partial charge in [-0.15, -0.1) is 5.10 Å². The second-order valence-corrected chi connectivity index (χ2v) is 7.03. The lowest BCUT2D eigenvalue weighted by Gasteiger charge is -2.07. The minimum Gasteiger partial charge on any atom is -0.455 e. The first-order chi connectivity index (χ1) is 15.7. The van der Waals surface area contributed by atoms with Crippen molar-refractivity contribution in [1.29, 1.82) is 0 Å². The Morgan fingerprint density at radius 1 is 0.656 bits per heavy atom. The Hall–Kier alpha value is -4.26. The van der Waals surface area contributed by atoms with Crippen LogP contribution in [0.25, 0.3) is 0 Å². The van der Waals surface area contributed by atoms with E-state index in [1.165, 1.54) is 4.68 Å². The quantitative estimate of drug-likeness (QED) is 0.395. The van der Waals surface area contributed by atoms with Crippen molar-refractivity contribution in [2.45, 2.75) is 19.8 Å². The van der Waals surface area contributed by atoms with Gasteiger partial charge in [-0.05, 0) is 16.7 Å². The van der Waals surface area contributed by atoms with E-state index in [-0.39, 0.29) is 31.4 Å². The van der Waals surface area contributed by atoms with Crippen LogP contribution >= 0.6 is 0 Å². The molecule has 0 aliphatic carbocycles. The summed E-state index contributed by atoms with van der Waals surface area (Å²) >= 11 is 0. The number of esters is 2. The zero-order valence-electron chi connectivity index (χ0n) is 17.3. The first-order valence-corrected chi connectivity index (χ1v) is 10.1. The van der Waals surface area contributed by atoms with Crippen LogP contribution in [0.4, 0.5) is 0 Å². The molecule has 0 radical (unpaired) electrons. The predicted molar refractivity (Wildman–Crippen MR) is 117 cm³/mol. The number of ether oxygens (including phenoxy) is 2. The maximum absolute atomic E-state index is 12.7. The van der Waals surface area contributed by atoms with Gasteiger partial charge in [-0.2, -0.15) is 4.98 Å². The van der Waals surface area contributed by atoms with Gasteiger partial charge in [0.05, 0.1) is 6.54 Å². The zero-order valence-corrected chi connectivity index (χ0v) is 17.3. The van der Waals surface area contributed by atoms with E-state index in [0.29, 0.717) is 0 Å². The molecule has 0 N–H and O–H groups in total. The molecule has 32 heavy (non-hydrogen) atoms. The highest BCUT2D eigenvalue weighted by molar-refractivity contribution is 5.89. The summed E-state index contributed by atoms with van der Waals surface area (Å²) in [4.78, 5) is 29.4. The van der Waals surface area contributed by atoms with Crippen LogP contribution in [0, 0.1) is 0 Å². The third kappa shape index (κ3) is 5.46. The van der Waals surface area contributed by atoms with Crippen LogP contribution in [0.5, 0.6) is 0 Å². The molecule has 0 spiro atoms. The Kier molecular flexibility index (Phi) is 6.67. The number of carbonyl (C=O) groups is 2. The lowest BCUT2D eigenvalue weighted by Crippen LogP contribution is -2.15. The highest BCUT2D eigenvalue weighted by Crippen LogP contribution is 2.11. The lowest BCUT2D eigenvalue weighted by molar-refractivity contribution is 0.0451. The van der Waals surface area contributed by atoms with Gasteiger partial charge in [-0.1, -0.05) is 91.0 Å². The molecule has 0 atom stereocenters. The third-order valence-electron chi connectivity index (χ3n) is 4.64. The van der Waals surface area contributed by atoms with Gasteiger partial charge in [0.15, 0.2) is 0 Å². The van der Waals surface area contributed by atoms with Crippen molar-refractivity contribution in [3.05, 3.63) is 119 Å². The third-order valence-corrected chi connectivity index (χ3v) is 4.64. The van der Waals surface area contributed by atoms with Gasteiger partial charge in [0.25, 0.3) is 5.82 Å². The molecule has 0 aliphatic rings. The highest BCUT2D eigenvalue weighted by Gasteiger charge is 2.24. The molecule has 160 valence electrons. The number of carbonyl (C=O) groups excluding carboxylic acids is 2. The number of hydrogen-bond donors (Lipinski definition) is 0. The summed E-state index contributed by atoms with van der Waals surface area (Å²) in [5.74, 6) is -1.63. The number of benzene rings is 3. The molecular formula is C25H21N3O4. The molecule has 0 saturated heterocycles. The van der Waals surface area contributed by atoms with E-state index in [0.717, 1.165) is 16.7 Å². The Labute approximate surface area is 185 Å². The van der Waals surface area contributed by atoms with E-state index >= 15 is 0 Å². The molecule has 1 heterocycles. The fourth-order valence-corrected chi connectivity index (χ4v) is 3.02. The minimum atomic E-state index is -0.710. The summed E-state index contributed by atoms with van der Waals surface area (Å²) in [5, 5.41) is 4.22. The summed E-state index contributed by atoms with van der Waals surface area (Å²) in [6.45, 7) is 0.432. The summed E-state index contributed by atoms with van der Waals surface area (Å²) < 4.78 is 12.1. The average Bonchev–Trinajstić information content (AvgIpc) is 3.27. The van der Waals surface area contributed by atoms with Crippen molar-refractivity contribution in [2.24, 2.45) is 0 Å². The second kappa shape index (κ2) is 10.2. The number of rotatable bonds is 8. The Morgan fingerprint density at radius 2 is 1.12 bits per heavy atom. The minimum absolute atomic E-state index is 0.0588. The number of hydrogen-bond acceptors (Lipinski definition) is 6. The first kappa shape index (κ1) is 21.0. The van der Waals surface area contributed by atoms with Crippen molar-refractivity contribution < 1.29 is 19.1 Å². The second-order valence-electron chi connectivity index (χ2n) is 7.03. The lowest BCUT2D eigenvalue weighted by atomic mass is 10.2. The molecule has 7 heteroatoms. The van der Waals surface area contributed by atoms with Crippen LogP contribution in [0.15, 0.2) is 91.0 Å². The highest BCUT2D eigenvalue weighted by atomic mass is 16.5. The van der Waals surface area contributed by atoms with Crippen LogP contribution in [-0.2, 0) is 29.2 Å². The largest absolute Gasteiger partial charge is 0.455 e. The maximum atomic E-state index is 12.7. The van der Waals surface area contributed by atoms with Gasteiger partial charge < -0.3 is 9.47 Å². The van der Waals surface area contributed by atoms with Crippen LogP contribution < -0.4 is 0 Å². The normalized spacial score (nSPS) is 10.5. The molecule has 4 rings (SSSR count). The fourth-order valence-electron chi connectivity index (χ4n) is 3.02. The van der Waals surface area contributed by atoms with Crippen molar-refractivity contribution in [3.63, 3.8) is 0 Å². The van der Waals surface area contributed by atoms with E-state index in [2.05, 4.69) is 10.1 Å². The van der Waals surface area contributed by atoms with Crippen molar-refractivity contribution in [1.82, 2.24) is 14.8 Å². The summed E-state index contributed by atoms with van der Waals surface area (Å²) in [5.41, 5.74) is 2.59. The zero-order chi connectivity index (χ0) is 22.2. The van der Waals surface area contributed by atoms with Crippen LogP contribution in [0.3, 0.4) is 0 Å². The average molecular weight is 427 g/mol. The van der Waals surface area contributed by atoms with Crippen LogP contribution in [0.1, 0.15) is 37.9 Å². The molecule has 4 aromatic rings. The van der Waals surface area contributed by atoms with Crippen LogP contribution in [-0.4, -0.2) is 26.7 Å². The predicted octanol–water partition coefficient (Wildman–Crippen LogP) is 4.04. The Bertz CT molecular complexity index is 1180. The molecule has 1 aromatic heterocycles. The Balaban J connectivity index is 1.52. The topological polar surface area (TPSA) is 83.3 Å². The van der Waals surface area contributed by atoms with E-state index in [9.17, 15) is 9.59 Å². The molecule has 3 aromatic carbocycles. The van der Waals surface area contributed by atoms with E-state index < -0.39 is 11.9 Å². The molecule has 0 unspecified atom stereocenters. The summed E-state index contributed by atoms with van der Waals surface area (Å²) in [6, 6.07) is 28.1. The first-order valence-electron chi connectivity index (χ1n) is 10.1. The maximum Gasteiger partial charge on any atom is 0.378 e. The Morgan fingerprint density at radius 3 is 1.66 bits per heavy atom. The van der Waals surface area contributed by atoms with Crippen molar-refractivity contribution in [2.75, 3.05) is 0 Å². The molecule has 7 nitrogen and oxygen atoms in total. The summed E-state index contributed by atoms with van der Waals surface area (Å²) in [7, 11) is 0. The van der Waals surface area contributed by atoms with E-state index in [1.807, 2.05) is 91.0 Å². The summed E-state index contributed by atoms with van der Waals surface area (Å²) in [6.07, 6.45) is 0. The van der Waals surface area contributed by atoms with Gasteiger partial charge >= 0.3 is 11.9 Å². The van der Waals surface area contributed by atoms with Crippen LogP contribution in [0.2, 0.25) is 0 Å². The van der Waals surface area contributed by atoms with Gasteiger partial charge in [-0.25, -0.2) is 14.3 Å². The fraction of sp³-hybridized carbons (Fsp3) is 0.120. The standard InChI is InChI=1S/C25H21N3O4/c29-24(31-17-20-12-6-2-7-13-20)22-26-23(25(30)32-18-21-14-8-3-9-15-21)28(27-22)16-19-10-4-1-5-11-19/h1-15H,16-18H2. The van der Waals surface area contributed by atoms with Gasteiger partial charge in [0.2, 0.25) is 5.82 Å². The van der Waals surface area contributed by atoms with Gasteiger partial charge in [-0.3, -0.25) is 0 Å². The van der Waals surface area contributed by atoms with E-state index in [4.69, 9.17) is 9.47 Å². The van der Waals surface area contributed by atoms with E-state index in [1.54, 1.807) is 0 Å². The molecular weight excluding hydrogens is 406 g/mol. The van der Waals surface area contributed by atoms with Crippen molar-refractivity contribution >= 4 is 11.9 Å². The van der Waals surface area contributed by atoms with Crippen molar-refractivity contribution in [3.8, 4) is 0 Å². The molecule has 0 fully saturated rings. The monoisotopic (exact) mass is 427 g/mol. The smallest absolute Gasteiger partial charge is 0.378 e. The molecule has 0 aliphatic heterocycles. The number of nitrogens with zero attached hydrogens (tertiary/aromatic N) is 3. The molecule has 0 bridgehead atoms. The number of aromatic nitrogens is 3. The molecule has 0 saturated carbocycles. The van der Waals surface area contributed by atoms with Gasteiger partial charge in [0, 0.05) is 0 Å². The van der Waals surface area contributed by atoms with Gasteiger partial charge in [0.1, 0.15) is 13.2 Å². The molecule has 0 amide bonds. The SMILES string of the molecule is O=C(OCc1ccccc1)c1nc(C(=O)OCc2ccccc2)n(Cc2ccccc2)n1.